The van der Waals surface area contributed by atoms with E-state index in [0.717, 1.165) is 0 Å². The Morgan fingerprint density at radius 3 is 2.95 bits per heavy atom. The molecule has 0 aromatic carbocycles. The number of carbonyl (C=O) groups is 1. The van der Waals surface area contributed by atoms with E-state index in [-0.39, 0.29) is 11.9 Å². The normalized spacial score (nSPS) is 11.2. The highest BCUT2D eigenvalue weighted by atomic mass is 16.2. The van der Waals surface area contributed by atoms with Gasteiger partial charge in [0.05, 0.1) is 0 Å². The molecule has 3 aromatic heterocycles. The van der Waals surface area contributed by atoms with Crippen molar-refractivity contribution in [3.63, 3.8) is 0 Å². The summed E-state index contributed by atoms with van der Waals surface area (Å²) in [6.45, 7) is 3.81. The van der Waals surface area contributed by atoms with E-state index in [1.165, 1.54) is 0 Å². The molecule has 0 bridgehead atoms. The Balaban J connectivity index is 2.01. The van der Waals surface area contributed by atoms with E-state index in [1.54, 1.807) is 16.8 Å². The minimum absolute atomic E-state index is 0.0657. The molecule has 0 saturated carbocycles. The minimum Gasteiger partial charge on any atom is -0.348 e. The summed E-state index contributed by atoms with van der Waals surface area (Å²) in [6, 6.07) is 7.27. The van der Waals surface area contributed by atoms with Crippen LogP contribution in [-0.4, -0.2) is 36.7 Å². The van der Waals surface area contributed by atoms with Crippen molar-refractivity contribution < 1.29 is 4.79 Å². The summed E-state index contributed by atoms with van der Waals surface area (Å²) >= 11 is 0. The van der Waals surface area contributed by atoms with Gasteiger partial charge in [-0.2, -0.15) is 14.7 Å². The van der Waals surface area contributed by atoms with Crippen molar-refractivity contribution in [3.05, 3.63) is 36.2 Å². The molecule has 3 aromatic rings. The largest absolute Gasteiger partial charge is 0.348 e. The first-order valence-corrected chi connectivity index (χ1v) is 6.31. The molecular weight excluding hydrogens is 256 g/mol. The highest BCUT2D eigenvalue weighted by molar-refractivity contribution is 5.93. The third kappa shape index (κ3) is 2.13. The molecule has 0 fully saturated rings. The molecule has 7 heteroatoms. The fraction of sp³-hybridized carbons (Fsp3) is 0.231. The van der Waals surface area contributed by atoms with Crippen molar-refractivity contribution in [2.24, 2.45) is 0 Å². The van der Waals surface area contributed by atoms with Crippen LogP contribution < -0.4 is 5.32 Å². The topological polar surface area (TPSA) is 88.0 Å². The molecule has 0 spiro atoms. The molecule has 3 rings (SSSR count). The summed E-state index contributed by atoms with van der Waals surface area (Å²) in [5.74, 6) is 0.369. The lowest BCUT2D eigenvalue weighted by atomic mass is 10.3. The van der Waals surface area contributed by atoms with E-state index in [9.17, 15) is 4.79 Å². The van der Waals surface area contributed by atoms with E-state index >= 15 is 0 Å². The maximum atomic E-state index is 11.9. The van der Waals surface area contributed by atoms with Gasteiger partial charge in [-0.05, 0) is 26.0 Å². The van der Waals surface area contributed by atoms with Crippen LogP contribution in [-0.2, 0) is 0 Å². The molecule has 1 amide bonds. The molecule has 0 radical (unpaired) electrons. The lowest BCUT2D eigenvalue weighted by molar-refractivity contribution is 0.0938. The Labute approximate surface area is 115 Å². The molecule has 20 heavy (non-hydrogen) atoms. The molecule has 102 valence electrons. The second-order valence-corrected chi connectivity index (χ2v) is 4.72. The quantitative estimate of drug-likeness (QED) is 0.750. The van der Waals surface area contributed by atoms with E-state index < -0.39 is 0 Å². The number of aromatic nitrogens is 5. The first-order valence-electron chi connectivity index (χ1n) is 6.31. The van der Waals surface area contributed by atoms with Gasteiger partial charge in [0.25, 0.3) is 5.91 Å². The van der Waals surface area contributed by atoms with Crippen molar-refractivity contribution in [2.45, 2.75) is 19.9 Å². The molecule has 3 heterocycles. The number of nitrogens with zero attached hydrogens (tertiary/aromatic N) is 4. The van der Waals surface area contributed by atoms with Crippen LogP contribution in [0.3, 0.4) is 0 Å². The average molecular weight is 270 g/mol. The number of fused-ring (bicyclic) bond motifs is 1. The van der Waals surface area contributed by atoms with Crippen LogP contribution in [0.5, 0.6) is 0 Å². The zero-order valence-electron chi connectivity index (χ0n) is 11.2. The lowest BCUT2D eigenvalue weighted by Crippen LogP contribution is -2.30. The predicted molar refractivity (Wildman–Crippen MR) is 73.2 cm³/mol. The Bertz CT molecular complexity index is 743. The number of H-pyrrole nitrogens is 1. The number of carbonyl (C=O) groups excluding carboxylic acids is 1. The standard InChI is InChI=1S/C13H14N6O/c1-8(2)15-13(20)10-7-11-16-17-12(19(11)18-10)9-5-3-4-6-14-9/h3-8,16H,1-2H3,(H,15,20). The Morgan fingerprint density at radius 1 is 1.40 bits per heavy atom. The van der Waals surface area contributed by atoms with Gasteiger partial charge in [0.15, 0.2) is 11.3 Å². The molecule has 0 saturated heterocycles. The first kappa shape index (κ1) is 12.3. The third-order valence-electron chi connectivity index (χ3n) is 2.73. The maximum Gasteiger partial charge on any atom is 0.272 e. The second kappa shape index (κ2) is 4.76. The number of nitrogens with one attached hydrogen (secondary N) is 2. The smallest absolute Gasteiger partial charge is 0.272 e. The number of hydrogen-bond acceptors (Lipinski definition) is 4. The van der Waals surface area contributed by atoms with Crippen molar-refractivity contribution in [2.75, 3.05) is 0 Å². The van der Waals surface area contributed by atoms with Gasteiger partial charge in [-0.1, -0.05) is 6.07 Å². The van der Waals surface area contributed by atoms with Crippen molar-refractivity contribution in [1.29, 1.82) is 0 Å². The Morgan fingerprint density at radius 2 is 2.25 bits per heavy atom. The average Bonchev–Trinajstić information content (AvgIpc) is 2.98. The molecule has 7 nitrogen and oxygen atoms in total. The van der Waals surface area contributed by atoms with Gasteiger partial charge < -0.3 is 5.32 Å². The zero-order chi connectivity index (χ0) is 14.1. The molecule has 0 aliphatic heterocycles. The van der Waals surface area contributed by atoms with Crippen molar-refractivity contribution >= 4 is 11.6 Å². The highest BCUT2D eigenvalue weighted by Gasteiger charge is 2.16. The third-order valence-corrected chi connectivity index (χ3v) is 2.73. The summed E-state index contributed by atoms with van der Waals surface area (Å²) in [5, 5.41) is 14.1. The fourth-order valence-corrected chi connectivity index (χ4v) is 1.89. The van der Waals surface area contributed by atoms with Crippen LogP contribution in [0.2, 0.25) is 0 Å². The summed E-state index contributed by atoms with van der Waals surface area (Å²) in [6.07, 6.45) is 1.69. The predicted octanol–water partition coefficient (Wildman–Crippen LogP) is 1.26. The van der Waals surface area contributed by atoms with Crippen molar-refractivity contribution in [3.8, 4) is 11.5 Å². The Hall–Kier alpha value is -2.70. The van der Waals surface area contributed by atoms with Crippen LogP contribution >= 0.6 is 0 Å². The van der Waals surface area contributed by atoms with Gasteiger partial charge >= 0.3 is 0 Å². The molecule has 0 aliphatic rings. The first-order chi connectivity index (χ1) is 9.65. The van der Waals surface area contributed by atoms with Crippen LogP contribution in [0, 0.1) is 0 Å². The van der Waals surface area contributed by atoms with Gasteiger partial charge in [0.1, 0.15) is 5.69 Å². The lowest BCUT2D eigenvalue weighted by Gasteiger charge is -2.05. The van der Waals surface area contributed by atoms with Gasteiger partial charge in [0, 0.05) is 18.3 Å². The number of aromatic amines is 1. The van der Waals surface area contributed by atoms with Crippen LogP contribution in [0.1, 0.15) is 24.3 Å². The number of pyridine rings is 1. The summed E-state index contributed by atoms with van der Waals surface area (Å²) in [5.41, 5.74) is 1.70. The molecule has 0 unspecified atom stereocenters. The Kier molecular flexibility index (Phi) is 2.94. The molecule has 0 atom stereocenters. The molecular formula is C13H14N6O. The van der Waals surface area contributed by atoms with Crippen LogP contribution in [0.25, 0.3) is 17.2 Å². The number of hydrogen-bond donors (Lipinski definition) is 2. The van der Waals surface area contributed by atoms with E-state index in [0.29, 0.717) is 22.9 Å². The van der Waals surface area contributed by atoms with E-state index in [1.807, 2.05) is 32.0 Å². The highest BCUT2D eigenvalue weighted by Crippen LogP contribution is 2.15. The fourth-order valence-electron chi connectivity index (χ4n) is 1.89. The van der Waals surface area contributed by atoms with Gasteiger partial charge in [-0.25, -0.2) is 0 Å². The van der Waals surface area contributed by atoms with E-state index in [2.05, 4.69) is 25.6 Å². The van der Waals surface area contributed by atoms with E-state index in [4.69, 9.17) is 0 Å². The monoisotopic (exact) mass is 270 g/mol. The van der Waals surface area contributed by atoms with Crippen LogP contribution in [0.15, 0.2) is 30.5 Å². The van der Waals surface area contributed by atoms with Gasteiger partial charge in [-0.3, -0.25) is 14.9 Å². The summed E-state index contributed by atoms with van der Waals surface area (Å²) < 4.78 is 1.58. The summed E-state index contributed by atoms with van der Waals surface area (Å²) in [7, 11) is 0. The zero-order valence-corrected chi connectivity index (χ0v) is 11.2. The minimum atomic E-state index is -0.205. The molecule has 2 N–H and O–H groups in total. The maximum absolute atomic E-state index is 11.9. The number of rotatable bonds is 3. The van der Waals surface area contributed by atoms with Gasteiger partial charge in [0.2, 0.25) is 5.82 Å². The number of amides is 1. The van der Waals surface area contributed by atoms with Gasteiger partial charge in [-0.15, -0.1) is 0 Å². The summed E-state index contributed by atoms with van der Waals surface area (Å²) in [4.78, 5) is 16.2. The van der Waals surface area contributed by atoms with Crippen molar-refractivity contribution in [1.82, 2.24) is 30.1 Å². The molecule has 0 aliphatic carbocycles. The SMILES string of the molecule is CC(C)NC(=O)c1cc2[nH]nc(-c3ccccn3)n2n1. The van der Waals surface area contributed by atoms with Crippen LogP contribution in [0.4, 0.5) is 0 Å². The second-order valence-electron chi connectivity index (χ2n) is 4.72.